The first kappa shape index (κ1) is 19.2. The lowest BCUT2D eigenvalue weighted by molar-refractivity contribution is -0.118. The van der Waals surface area contributed by atoms with Crippen molar-refractivity contribution in [1.29, 1.82) is 0 Å². The van der Waals surface area contributed by atoms with Gasteiger partial charge in [-0.05, 0) is 48.1 Å². The molecule has 5 nitrogen and oxygen atoms in total. The molecule has 0 saturated carbocycles. The number of rotatable bonds is 3. The lowest BCUT2D eigenvalue weighted by Crippen LogP contribution is -2.34. The number of thioether (sulfide) groups is 1. The summed E-state index contributed by atoms with van der Waals surface area (Å²) in [5.41, 5.74) is 4.24. The number of benzene rings is 2. The minimum Gasteiger partial charge on any atom is -0.312 e. The molecule has 152 valence electrons. The molecule has 2 aromatic carbocycles. The smallest absolute Gasteiger partial charge is 0.243 e. The summed E-state index contributed by atoms with van der Waals surface area (Å²) in [5, 5.41) is 0.331. The van der Waals surface area contributed by atoms with Gasteiger partial charge in [-0.25, -0.2) is 8.42 Å². The number of aryl methyl sites for hydroxylation is 1. The van der Waals surface area contributed by atoms with Crippen molar-refractivity contribution in [3.05, 3.63) is 59.2 Å². The second-order valence-electron chi connectivity index (χ2n) is 7.85. The monoisotopic (exact) mass is 428 g/mol. The summed E-state index contributed by atoms with van der Waals surface area (Å²) < 4.78 is 28.6. The van der Waals surface area contributed by atoms with Crippen molar-refractivity contribution < 1.29 is 13.2 Å². The highest BCUT2D eigenvalue weighted by molar-refractivity contribution is 7.99. The van der Waals surface area contributed by atoms with Gasteiger partial charge in [0, 0.05) is 37.1 Å². The van der Waals surface area contributed by atoms with Crippen LogP contribution in [-0.2, 0) is 27.7 Å². The first-order valence-electron chi connectivity index (χ1n) is 10.2. The Morgan fingerprint density at radius 3 is 2.48 bits per heavy atom. The van der Waals surface area contributed by atoms with Gasteiger partial charge in [0.15, 0.2) is 0 Å². The maximum absolute atomic E-state index is 13.5. The van der Waals surface area contributed by atoms with E-state index in [-0.39, 0.29) is 5.91 Å². The molecule has 3 heterocycles. The zero-order valence-corrected chi connectivity index (χ0v) is 17.8. The molecule has 0 radical (unpaired) electrons. The molecule has 0 N–H and O–H groups in total. The fourth-order valence-corrected chi connectivity index (χ4v) is 7.55. The number of anilines is 1. The molecule has 7 heteroatoms. The molecule has 0 spiro atoms. The van der Waals surface area contributed by atoms with E-state index in [1.54, 1.807) is 10.4 Å². The number of hydrogen-bond donors (Lipinski definition) is 0. The van der Waals surface area contributed by atoms with Crippen molar-refractivity contribution in [2.45, 2.75) is 35.8 Å². The molecule has 3 aliphatic heterocycles. The summed E-state index contributed by atoms with van der Waals surface area (Å²) in [5.74, 6) is 0.946. The second-order valence-corrected chi connectivity index (χ2v) is 11.1. The van der Waals surface area contributed by atoms with Crippen LogP contribution >= 0.6 is 11.8 Å². The molecular weight excluding hydrogens is 404 g/mol. The molecule has 1 saturated heterocycles. The van der Waals surface area contributed by atoms with Crippen LogP contribution in [-0.4, -0.2) is 44.0 Å². The van der Waals surface area contributed by atoms with Gasteiger partial charge in [0.2, 0.25) is 15.9 Å². The highest BCUT2D eigenvalue weighted by Crippen LogP contribution is 2.40. The van der Waals surface area contributed by atoms with Gasteiger partial charge < -0.3 is 4.90 Å². The maximum atomic E-state index is 13.5. The van der Waals surface area contributed by atoms with E-state index >= 15 is 0 Å². The minimum atomic E-state index is -3.54. The average Bonchev–Trinajstić information content (AvgIpc) is 3.01. The van der Waals surface area contributed by atoms with Crippen molar-refractivity contribution in [2.24, 2.45) is 0 Å². The van der Waals surface area contributed by atoms with E-state index in [2.05, 4.69) is 12.1 Å². The Labute approximate surface area is 176 Å². The highest BCUT2D eigenvalue weighted by atomic mass is 32.2. The first-order chi connectivity index (χ1) is 14.0. The average molecular weight is 429 g/mol. The van der Waals surface area contributed by atoms with Crippen LogP contribution in [0.1, 0.15) is 34.8 Å². The molecule has 2 aromatic rings. The Morgan fingerprint density at radius 1 is 0.931 bits per heavy atom. The first-order valence-corrected chi connectivity index (χ1v) is 12.7. The van der Waals surface area contributed by atoms with Gasteiger partial charge in [-0.3, -0.25) is 4.79 Å². The maximum Gasteiger partial charge on any atom is 0.243 e. The van der Waals surface area contributed by atoms with Crippen LogP contribution in [0.2, 0.25) is 0 Å². The second kappa shape index (κ2) is 7.45. The van der Waals surface area contributed by atoms with E-state index in [0.29, 0.717) is 42.6 Å². The number of sulfonamides is 1. The summed E-state index contributed by atoms with van der Waals surface area (Å²) in [6.07, 6.45) is 2.65. The van der Waals surface area contributed by atoms with E-state index in [1.807, 2.05) is 40.9 Å². The number of carbonyl (C=O) groups is 1. The molecule has 1 amide bonds. The Balaban J connectivity index is 1.41. The van der Waals surface area contributed by atoms with Gasteiger partial charge >= 0.3 is 0 Å². The van der Waals surface area contributed by atoms with Crippen LogP contribution in [0, 0.1) is 0 Å². The lowest BCUT2D eigenvalue weighted by atomic mass is 10.00. The van der Waals surface area contributed by atoms with Crippen molar-refractivity contribution in [3.63, 3.8) is 0 Å². The third kappa shape index (κ3) is 3.39. The summed E-state index contributed by atoms with van der Waals surface area (Å²) in [6.45, 7) is 1.74. The van der Waals surface area contributed by atoms with Crippen molar-refractivity contribution >= 4 is 33.4 Å². The van der Waals surface area contributed by atoms with Crippen LogP contribution in [0.15, 0.2) is 47.4 Å². The summed E-state index contributed by atoms with van der Waals surface area (Å²) in [6, 6.07) is 14.0. The molecule has 1 fully saturated rings. The third-order valence-electron chi connectivity index (χ3n) is 6.13. The summed E-state index contributed by atoms with van der Waals surface area (Å²) in [4.78, 5) is 14.4. The Hall–Kier alpha value is -1.83. The van der Waals surface area contributed by atoms with Gasteiger partial charge in [-0.1, -0.05) is 30.3 Å². The number of amides is 1. The van der Waals surface area contributed by atoms with E-state index in [0.717, 1.165) is 35.4 Å². The normalized spacial score (nSPS) is 22.4. The predicted octanol–water partition coefficient (Wildman–Crippen LogP) is 3.39. The molecule has 0 aliphatic carbocycles. The lowest BCUT2D eigenvalue weighted by Gasteiger charge is -2.26. The minimum absolute atomic E-state index is 0.156. The fourth-order valence-electron chi connectivity index (χ4n) is 4.65. The predicted molar refractivity (Wildman–Crippen MR) is 116 cm³/mol. The number of carbonyl (C=O) groups excluding carboxylic acids is 1. The zero-order valence-electron chi connectivity index (χ0n) is 16.2. The SMILES string of the molecule is O=C1CCc2cc(S(=O)(=O)N3CCSC(c4ccccc4)CC3)cc3c2N1CC3. The van der Waals surface area contributed by atoms with Gasteiger partial charge in [-0.15, -0.1) is 0 Å². The van der Waals surface area contributed by atoms with Crippen LogP contribution in [0.25, 0.3) is 0 Å². The molecule has 1 unspecified atom stereocenters. The third-order valence-corrected chi connectivity index (χ3v) is 9.34. The summed E-state index contributed by atoms with van der Waals surface area (Å²) in [7, 11) is -3.54. The fraction of sp³-hybridized carbons (Fsp3) is 0.409. The van der Waals surface area contributed by atoms with Gasteiger partial charge in [0.05, 0.1) is 10.6 Å². The van der Waals surface area contributed by atoms with Gasteiger partial charge in [0.25, 0.3) is 0 Å². The number of hydrogen-bond acceptors (Lipinski definition) is 4. The van der Waals surface area contributed by atoms with Crippen LogP contribution in [0.4, 0.5) is 5.69 Å². The van der Waals surface area contributed by atoms with E-state index in [9.17, 15) is 13.2 Å². The van der Waals surface area contributed by atoms with E-state index < -0.39 is 10.0 Å². The Morgan fingerprint density at radius 2 is 1.69 bits per heavy atom. The molecule has 0 aromatic heterocycles. The van der Waals surface area contributed by atoms with E-state index in [1.165, 1.54) is 5.56 Å². The summed E-state index contributed by atoms with van der Waals surface area (Å²) >= 11 is 1.84. The van der Waals surface area contributed by atoms with Crippen LogP contribution < -0.4 is 4.90 Å². The van der Waals surface area contributed by atoms with Crippen molar-refractivity contribution in [3.8, 4) is 0 Å². The Bertz CT molecular complexity index is 1050. The molecular formula is C22H24N2O3S2. The largest absolute Gasteiger partial charge is 0.312 e. The molecule has 29 heavy (non-hydrogen) atoms. The standard InChI is InChI=1S/C22H24N2O3S2/c25-21-7-6-17-14-19(15-18-8-11-24(21)22(17)18)29(26,27)23-10-9-20(28-13-12-23)16-4-2-1-3-5-16/h1-5,14-15,20H,6-13H2. The molecule has 1 atom stereocenters. The molecule has 5 rings (SSSR count). The Kier molecular flexibility index (Phi) is 4.92. The highest BCUT2D eigenvalue weighted by Gasteiger charge is 2.35. The van der Waals surface area contributed by atoms with Gasteiger partial charge in [0.1, 0.15) is 0 Å². The zero-order chi connectivity index (χ0) is 20.0. The quantitative estimate of drug-likeness (QED) is 0.752. The molecule has 3 aliphatic rings. The molecule has 0 bridgehead atoms. The van der Waals surface area contributed by atoms with Crippen LogP contribution in [0.5, 0.6) is 0 Å². The van der Waals surface area contributed by atoms with E-state index in [4.69, 9.17) is 0 Å². The van der Waals surface area contributed by atoms with Crippen molar-refractivity contribution in [1.82, 2.24) is 4.31 Å². The van der Waals surface area contributed by atoms with Crippen molar-refractivity contribution in [2.75, 3.05) is 30.3 Å². The topological polar surface area (TPSA) is 57.7 Å². The number of nitrogens with zero attached hydrogens (tertiary/aromatic N) is 2. The van der Waals surface area contributed by atoms with Gasteiger partial charge in [-0.2, -0.15) is 16.1 Å². The van der Waals surface area contributed by atoms with Crippen LogP contribution in [0.3, 0.4) is 0 Å².